The normalized spacial score (nSPS) is 15.2. The van der Waals surface area contributed by atoms with Gasteiger partial charge in [-0.25, -0.2) is 0 Å². The molecule has 0 spiro atoms. The van der Waals surface area contributed by atoms with Crippen molar-refractivity contribution in [3.8, 4) is 5.75 Å². The Morgan fingerprint density at radius 1 is 0.960 bits per heavy atom. The Balaban J connectivity index is 1.42. The van der Waals surface area contributed by atoms with E-state index in [0.29, 0.717) is 6.61 Å². The van der Waals surface area contributed by atoms with Gasteiger partial charge >= 0.3 is 0 Å². The minimum atomic E-state index is 0.135. The van der Waals surface area contributed by atoms with Gasteiger partial charge in [-0.1, -0.05) is 29.8 Å². The number of ether oxygens (including phenoxy) is 1. The van der Waals surface area contributed by atoms with Gasteiger partial charge in [0.05, 0.1) is 0 Å². The maximum Gasteiger partial charge on any atom is 0.253 e. The van der Waals surface area contributed by atoms with Crippen LogP contribution in [-0.4, -0.2) is 55.0 Å². The van der Waals surface area contributed by atoms with Gasteiger partial charge in [0.1, 0.15) is 12.4 Å². The molecule has 4 nitrogen and oxygen atoms in total. The molecule has 2 aromatic carbocycles. The molecule has 1 saturated heterocycles. The molecule has 0 saturated carbocycles. The standard InChI is InChI=1S/C21H26N2O2/c1-17-6-8-19(9-7-17)21(24)23-12-10-22(11-13-23)14-15-25-20-5-3-4-18(2)16-20/h3-9,16H,10-15H2,1-2H3. The molecule has 0 N–H and O–H groups in total. The zero-order valence-corrected chi connectivity index (χ0v) is 15.1. The summed E-state index contributed by atoms with van der Waals surface area (Å²) in [6.07, 6.45) is 0. The largest absolute Gasteiger partial charge is 0.492 e. The highest BCUT2D eigenvalue weighted by Gasteiger charge is 2.21. The summed E-state index contributed by atoms with van der Waals surface area (Å²) in [5.41, 5.74) is 3.16. The molecule has 0 aromatic heterocycles. The van der Waals surface area contributed by atoms with E-state index in [0.717, 1.165) is 44.0 Å². The van der Waals surface area contributed by atoms with E-state index in [1.54, 1.807) is 0 Å². The SMILES string of the molecule is Cc1ccc(C(=O)N2CCN(CCOc3cccc(C)c3)CC2)cc1. The quantitative estimate of drug-likeness (QED) is 0.840. The first-order chi connectivity index (χ1) is 12.1. The van der Waals surface area contributed by atoms with E-state index in [1.807, 2.05) is 48.2 Å². The van der Waals surface area contributed by atoms with Gasteiger partial charge in [0, 0.05) is 38.3 Å². The van der Waals surface area contributed by atoms with Crippen molar-refractivity contribution in [3.63, 3.8) is 0 Å². The number of hydrogen-bond donors (Lipinski definition) is 0. The van der Waals surface area contributed by atoms with Gasteiger partial charge in [-0.05, 0) is 43.7 Å². The van der Waals surface area contributed by atoms with Crippen molar-refractivity contribution in [1.29, 1.82) is 0 Å². The van der Waals surface area contributed by atoms with Gasteiger partial charge in [-0.15, -0.1) is 0 Å². The van der Waals surface area contributed by atoms with Crippen molar-refractivity contribution in [2.45, 2.75) is 13.8 Å². The van der Waals surface area contributed by atoms with Crippen LogP contribution in [0.2, 0.25) is 0 Å². The maximum atomic E-state index is 12.5. The second kappa shape index (κ2) is 8.17. The molecule has 2 aromatic rings. The topological polar surface area (TPSA) is 32.8 Å². The third-order valence-electron chi connectivity index (χ3n) is 4.62. The van der Waals surface area contributed by atoms with Gasteiger partial charge in [-0.2, -0.15) is 0 Å². The average Bonchev–Trinajstić information content (AvgIpc) is 2.62. The summed E-state index contributed by atoms with van der Waals surface area (Å²) in [4.78, 5) is 16.8. The smallest absolute Gasteiger partial charge is 0.253 e. The molecule has 1 aliphatic heterocycles. The molecule has 0 unspecified atom stereocenters. The van der Waals surface area contributed by atoms with E-state index in [-0.39, 0.29) is 5.91 Å². The van der Waals surface area contributed by atoms with Crippen molar-refractivity contribution in [1.82, 2.24) is 9.80 Å². The van der Waals surface area contributed by atoms with Crippen LogP contribution < -0.4 is 4.74 Å². The molecule has 132 valence electrons. The Morgan fingerprint density at radius 2 is 1.68 bits per heavy atom. The van der Waals surface area contributed by atoms with E-state index in [2.05, 4.69) is 24.0 Å². The summed E-state index contributed by atoms with van der Waals surface area (Å²) >= 11 is 0. The molecule has 1 fully saturated rings. The molecule has 1 amide bonds. The molecule has 3 rings (SSSR count). The van der Waals surface area contributed by atoms with Crippen LogP contribution in [0.3, 0.4) is 0 Å². The lowest BCUT2D eigenvalue weighted by atomic mass is 10.1. The van der Waals surface area contributed by atoms with Crippen LogP contribution >= 0.6 is 0 Å². The molecule has 0 radical (unpaired) electrons. The number of aryl methyl sites for hydroxylation is 2. The predicted molar refractivity (Wildman–Crippen MR) is 100 cm³/mol. The van der Waals surface area contributed by atoms with Crippen molar-refractivity contribution < 1.29 is 9.53 Å². The molecular weight excluding hydrogens is 312 g/mol. The van der Waals surface area contributed by atoms with Crippen molar-refractivity contribution in [2.24, 2.45) is 0 Å². The molecule has 4 heteroatoms. The number of rotatable bonds is 5. The lowest BCUT2D eigenvalue weighted by Crippen LogP contribution is -2.49. The first kappa shape index (κ1) is 17.5. The second-order valence-electron chi connectivity index (χ2n) is 6.66. The molecule has 1 aliphatic rings. The van der Waals surface area contributed by atoms with Crippen LogP contribution in [0.4, 0.5) is 0 Å². The van der Waals surface area contributed by atoms with Gasteiger partial charge in [0.15, 0.2) is 0 Å². The summed E-state index contributed by atoms with van der Waals surface area (Å²) in [5, 5.41) is 0. The summed E-state index contributed by atoms with van der Waals surface area (Å²) in [6, 6.07) is 15.9. The van der Waals surface area contributed by atoms with Gasteiger partial charge in [0.2, 0.25) is 0 Å². The average molecular weight is 338 g/mol. The van der Waals surface area contributed by atoms with Crippen molar-refractivity contribution >= 4 is 5.91 Å². The fourth-order valence-corrected chi connectivity index (χ4v) is 3.05. The number of carbonyl (C=O) groups excluding carboxylic acids is 1. The third kappa shape index (κ3) is 4.83. The Hall–Kier alpha value is -2.33. The zero-order chi connectivity index (χ0) is 17.6. The first-order valence-electron chi connectivity index (χ1n) is 8.89. The van der Waals surface area contributed by atoms with Crippen LogP contribution in [0.25, 0.3) is 0 Å². The van der Waals surface area contributed by atoms with E-state index < -0.39 is 0 Å². The van der Waals surface area contributed by atoms with Crippen LogP contribution in [0.5, 0.6) is 5.75 Å². The summed E-state index contributed by atoms with van der Waals surface area (Å²) in [7, 11) is 0. The number of piperazine rings is 1. The number of benzene rings is 2. The van der Waals surface area contributed by atoms with Crippen LogP contribution in [0.15, 0.2) is 48.5 Å². The summed E-state index contributed by atoms with van der Waals surface area (Å²) < 4.78 is 5.82. The molecule has 25 heavy (non-hydrogen) atoms. The highest BCUT2D eigenvalue weighted by atomic mass is 16.5. The fourth-order valence-electron chi connectivity index (χ4n) is 3.05. The molecule has 1 heterocycles. The number of nitrogens with zero attached hydrogens (tertiary/aromatic N) is 2. The summed E-state index contributed by atoms with van der Waals surface area (Å²) in [5.74, 6) is 1.06. The Kier molecular flexibility index (Phi) is 5.71. The molecule has 0 aliphatic carbocycles. The number of hydrogen-bond acceptors (Lipinski definition) is 3. The van der Waals surface area contributed by atoms with E-state index >= 15 is 0 Å². The minimum Gasteiger partial charge on any atom is -0.492 e. The van der Waals surface area contributed by atoms with Crippen molar-refractivity contribution in [2.75, 3.05) is 39.3 Å². The van der Waals surface area contributed by atoms with Gasteiger partial charge in [-0.3, -0.25) is 9.69 Å². The van der Waals surface area contributed by atoms with Gasteiger partial charge < -0.3 is 9.64 Å². The van der Waals surface area contributed by atoms with Gasteiger partial charge in [0.25, 0.3) is 5.91 Å². The first-order valence-corrected chi connectivity index (χ1v) is 8.89. The Labute approximate surface area is 150 Å². The Bertz CT molecular complexity index is 704. The van der Waals surface area contributed by atoms with E-state index in [4.69, 9.17) is 4.74 Å². The predicted octanol–water partition coefficient (Wildman–Crippen LogP) is 3.14. The third-order valence-corrected chi connectivity index (χ3v) is 4.62. The minimum absolute atomic E-state index is 0.135. The fraction of sp³-hybridized carbons (Fsp3) is 0.381. The van der Waals surface area contributed by atoms with Crippen LogP contribution in [0.1, 0.15) is 21.5 Å². The van der Waals surface area contributed by atoms with E-state index in [9.17, 15) is 4.79 Å². The highest BCUT2D eigenvalue weighted by Crippen LogP contribution is 2.13. The number of carbonyl (C=O) groups is 1. The van der Waals surface area contributed by atoms with Crippen LogP contribution in [0, 0.1) is 13.8 Å². The lowest BCUT2D eigenvalue weighted by Gasteiger charge is -2.34. The summed E-state index contributed by atoms with van der Waals surface area (Å²) in [6.45, 7) is 9.01. The van der Waals surface area contributed by atoms with E-state index in [1.165, 1.54) is 11.1 Å². The maximum absolute atomic E-state index is 12.5. The lowest BCUT2D eigenvalue weighted by molar-refractivity contribution is 0.0620. The second-order valence-corrected chi connectivity index (χ2v) is 6.66. The Morgan fingerprint density at radius 3 is 2.36 bits per heavy atom. The van der Waals surface area contributed by atoms with Crippen molar-refractivity contribution in [3.05, 3.63) is 65.2 Å². The molecular formula is C21H26N2O2. The molecule has 0 bridgehead atoms. The number of amides is 1. The highest BCUT2D eigenvalue weighted by molar-refractivity contribution is 5.94. The van der Waals surface area contributed by atoms with Crippen LogP contribution in [-0.2, 0) is 0 Å². The zero-order valence-electron chi connectivity index (χ0n) is 15.1. The molecule has 0 atom stereocenters. The monoisotopic (exact) mass is 338 g/mol.